The topological polar surface area (TPSA) is 59.7 Å². The van der Waals surface area contributed by atoms with Crippen LogP contribution in [0.2, 0.25) is 5.15 Å². The molecule has 6 nitrogen and oxygen atoms in total. The Labute approximate surface area is 155 Å². The van der Waals surface area contributed by atoms with Crippen LogP contribution in [0.15, 0.2) is 36.5 Å². The number of amides is 1. The number of aromatic nitrogens is 3. The third-order valence-electron chi connectivity index (χ3n) is 3.47. The average molecular weight is 377 g/mol. The van der Waals surface area contributed by atoms with E-state index in [1.807, 2.05) is 6.92 Å². The molecule has 0 fully saturated rings. The molecule has 26 heavy (non-hydrogen) atoms. The number of halogens is 2. The van der Waals surface area contributed by atoms with Crippen molar-refractivity contribution in [1.29, 1.82) is 0 Å². The fraction of sp³-hybridized carbons (Fsp3) is 0.278. The lowest BCUT2D eigenvalue weighted by Gasteiger charge is -2.27. The van der Waals surface area contributed by atoms with Gasteiger partial charge in [0.1, 0.15) is 17.1 Å². The molecule has 3 aromatic rings. The first-order chi connectivity index (χ1) is 12.2. The molecule has 0 bridgehead atoms. The number of rotatable bonds is 2. The minimum absolute atomic E-state index is 0.165. The zero-order valence-corrected chi connectivity index (χ0v) is 15.6. The minimum Gasteiger partial charge on any atom is -0.443 e. The number of nitrogens with zero attached hydrogens (tertiary/aromatic N) is 4. The second-order valence-corrected chi connectivity index (χ2v) is 7.17. The van der Waals surface area contributed by atoms with E-state index >= 15 is 0 Å². The van der Waals surface area contributed by atoms with Gasteiger partial charge >= 0.3 is 6.09 Å². The van der Waals surface area contributed by atoms with Crippen LogP contribution in [0, 0.1) is 12.7 Å². The molecule has 0 saturated carbocycles. The van der Waals surface area contributed by atoms with E-state index in [-0.39, 0.29) is 5.15 Å². The van der Waals surface area contributed by atoms with Gasteiger partial charge in [-0.3, -0.25) is 0 Å². The van der Waals surface area contributed by atoms with E-state index < -0.39 is 17.5 Å². The number of ether oxygens (including phenoxy) is 1. The fourth-order valence-corrected chi connectivity index (χ4v) is 2.64. The smallest absolute Gasteiger partial charge is 0.419 e. The molecule has 136 valence electrons. The Morgan fingerprint density at radius 2 is 2.04 bits per heavy atom. The van der Waals surface area contributed by atoms with Crippen LogP contribution in [0.4, 0.5) is 20.6 Å². The largest absolute Gasteiger partial charge is 0.443 e. The van der Waals surface area contributed by atoms with Gasteiger partial charge in [-0.05, 0) is 45.9 Å². The summed E-state index contributed by atoms with van der Waals surface area (Å²) in [6, 6.07) is 7.15. The van der Waals surface area contributed by atoms with Gasteiger partial charge in [0.15, 0.2) is 10.8 Å². The first-order valence-electron chi connectivity index (χ1n) is 7.95. The second-order valence-electron chi connectivity index (χ2n) is 6.78. The third kappa shape index (κ3) is 3.62. The van der Waals surface area contributed by atoms with Crippen molar-refractivity contribution in [3.63, 3.8) is 0 Å². The van der Waals surface area contributed by atoms with Crippen molar-refractivity contribution in [3.8, 4) is 0 Å². The minimum atomic E-state index is -0.735. The zero-order valence-electron chi connectivity index (χ0n) is 14.8. The van der Waals surface area contributed by atoms with Crippen LogP contribution in [-0.4, -0.2) is 26.3 Å². The van der Waals surface area contributed by atoms with Gasteiger partial charge in [0, 0.05) is 6.07 Å². The summed E-state index contributed by atoms with van der Waals surface area (Å²) in [5.41, 5.74) is 1.05. The van der Waals surface area contributed by atoms with E-state index in [0.29, 0.717) is 17.0 Å². The molecule has 0 spiro atoms. The third-order valence-corrected chi connectivity index (χ3v) is 3.66. The number of hydrogen-bond acceptors (Lipinski definition) is 4. The van der Waals surface area contributed by atoms with Gasteiger partial charge in [0.05, 0.1) is 17.6 Å². The van der Waals surface area contributed by atoms with Crippen molar-refractivity contribution < 1.29 is 13.9 Å². The Bertz CT molecular complexity index is 981. The van der Waals surface area contributed by atoms with Gasteiger partial charge in [-0.15, -0.1) is 0 Å². The van der Waals surface area contributed by atoms with Gasteiger partial charge in [-0.2, -0.15) is 5.10 Å². The lowest BCUT2D eigenvalue weighted by atomic mass is 10.2. The maximum absolute atomic E-state index is 13.8. The highest BCUT2D eigenvalue weighted by atomic mass is 35.5. The van der Waals surface area contributed by atoms with Crippen molar-refractivity contribution in [1.82, 2.24) is 14.6 Å². The molecule has 0 saturated heterocycles. The van der Waals surface area contributed by atoms with Gasteiger partial charge in [0.25, 0.3) is 0 Å². The van der Waals surface area contributed by atoms with Crippen LogP contribution >= 0.6 is 11.6 Å². The van der Waals surface area contributed by atoms with E-state index in [2.05, 4.69) is 10.1 Å². The van der Waals surface area contributed by atoms with Crippen molar-refractivity contribution in [3.05, 3.63) is 53.2 Å². The van der Waals surface area contributed by atoms with E-state index in [1.165, 1.54) is 33.7 Å². The van der Waals surface area contributed by atoms with Crippen LogP contribution in [0.3, 0.4) is 0 Å². The number of benzene rings is 1. The summed E-state index contributed by atoms with van der Waals surface area (Å²) in [5.74, 6) is -0.480. The maximum Gasteiger partial charge on any atom is 0.419 e. The lowest BCUT2D eigenvalue weighted by molar-refractivity contribution is 0.0599. The Balaban J connectivity index is 2.23. The molecule has 0 aliphatic heterocycles. The fourth-order valence-electron chi connectivity index (χ4n) is 2.46. The van der Waals surface area contributed by atoms with Crippen LogP contribution in [0.1, 0.15) is 26.5 Å². The summed E-state index contributed by atoms with van der Waals surface area (Å²) < 4.78 is 20.8. The molecule has 0 radical (unpaired) electrons. The molecule has 3 rings (SSSR count). The van der Waals surface area contributed by atoms with Crippen molar-refractivity contribution in [2.75, 3.05) is 4.90 Å². The molecule has 1 amide bonds. The quantitative estimate of drug-likeness (QED) is 0.638. The molecule has 0 atom stereocenters. The van der Waals surface area contributed by atoms with Gasteiger partial charge in [-0.1, -0.05) is 17.7 Å². The molecule has 1 aromatic carbocycles. The molecule has 2 aromatic heterocycles. The number of hydrogen-bond donors (Lipinski definition) is 0. The number of anilines is 2. The number of fused-ring (bicyclic) bond motifs is 1. The highest BCUT2D eigenvalue weighted by Crippen LogP contribution is 2.32. The van der Waals surface area contributed by atoms with E-state index in [9.17, 15) is 9.18 Å². The second kappa shape index (κ2) is 6.57. The monoisotopic (exact) mass is 376 g/mol. The van der Waals surface area contributed by atoms with Crippen LogP contribution < -0.4 is 4.90 Å². The Morgan fingerprint density at radius 3 is 2.69 bits per heavy atom. The molecule has 0 aliphatic rings. The number of imidazole rings is 1. The molecule has 0 N–H and O–H groups in total. The van der Waals surface area contributed by atoms with Gasteiger partial charge in [0.2, 0.25) is 0 Å². The van der Waals surface area contributed by atoms with E-state index in [1.54, 1.807) is 33.0 Å². The Kier molecular flexibility index (Phi) is 4.58. The van der Waals surface area contributed by atoms with E-state index in [4.69, 9.17) is 16.3 Å². The summed E-state index contributed by atoms with van der Waals surface area (Å²) >= 11 is 6.14. The number of carbonyl (C=O) groups excluding carboxylic acids is 1. The normalized spacial score (nSPS) is 11.6. The number of aryl methyl sites for hydroxylation is 1. The maximum atomic E-state index is 13.8. The van der Waals surface area contributed by atoms with Gasteiger partial charge < -0.3 is 4.74 Å². The van der Waals surface area contributed by atoms with Crippen molar-refractivity contribution in [2.45, 2.75) is 33.3 Å². The molecular weight excluding hydrogens is 359 g/mol. The zero-order chi connectivity index (χ0) is 19.1. The summed E-state index contributed by atoms with van der Waals surface area (Å²) in [4.78, 5) is 18.5. The lowest BCUT2D eigenvalue weighted by Crippen LogP contribution is -2.34. The van der Waals surface area contributed by atoms with E-state index in [0.717, 1.165) is 5.69 Å². The predicted molar refractivity (Wildman–Crippen MR) is 97.5 cm³/mol. The van der Waals surface area contributed by atoms with Crippen molar-refractivity contribution >= 4 is 34.7 Å². The first-order valence-corrected chi connectivity index (χ1v) is 8.33. The molecular formula is C18H18ClFN4O2. The molecule has 8 heteroatoms. The van der Waals surface area contributed by atoms with Gasteiger partial charge in [-0.25, -0.2) is 23.6 Å². The highest BCUT2D eigenvalue weighted by molar-refractivity contribution is 6.29. The summed E-state index contributed by atoms with van der Waals surface area (Å²) in [7, 11) is 0. The predicted octanol–water partition coefficient (Wildman–Crippen LogP) is 4.90. The Morgan fingerprint density at radius 1 is 1.31 bits per heavy atom. The molecule has 0 unspecified atom stereocenters. The summed E-state index contributed by atoms with van der Waals surface area (Å²) in [6.45, 7) is 7.07. The summed E-state index contributed by atoms with van der Waals surface area (Å²) in [6.07, 6.45) is 0.939. The molecule has 0 aliphatic carbocycles. The highest BCUT2D eigenvalue weighted by Gasteiger charge is 2.28. The number of carbonyl (C=O) groups is 1. The standard InChI is InChI=1S/C18H18ClFN4O2/c1-11-10-21-16-14(9-15(19)22-24(11)16)23(17(25)26-18(2,3)4)13-7-5-6-12(20)8-13/h5-10H,1-4H3. The SMILES string of the molecule is Cc1cnc2c(N(C(=O)OC(C)(C)C)c3cccc(F)c3)cc(Cl)nn12. The van der Waals surface area contributed by atoms with Crippen LogP contribution in [0.5, 0.6) is 0 Å². The average Bonchev–Trinajstić information content (AvgIpc) is 2.87. The first kappa shape index (κ1) is 18.1. The molecule has 2 heterocycles. The van der Waals surface area contributed by atoms with Crippen molar-refractivity contribution in [2.24, 2.45) is 0 Å². The van der Waals surface area contributed by atoms with Crippen LogP contribution in [0.25, 0.3) is 5.65 Å². The Hall–Kier alpha value is -2.67. The summed E-state index contributed by atoms with van der Waals surface area (Å²) in [5, 5.41) is 4.36. The van der Waals surface area contributed by atoms with Crippen LogP contribution in [-0.2, 0) is 4.74 Å².